The van der Waals surface area contributed by atoms with Gasteiger partial charge in [-0.2, -0.15) is 0 Å². The van der Waals surface area contributed by atoms with Gasteiger partial charge in [0.15, 0.2) is 5.65 Å². The van der Waals surface area contributed by atoms with Gasteiger partial charge in [0, 0.05) is 0 Å². The molecule has 0 spiro atoms. The lowest BCUT2D eigenvalue weighted by atomic mass is 10.2. The summed E-state index contributed by atoms with van der Waals surface area (Å²) in [4.78, 5) is 10.8. The maximum absolute atomic E-state index is 13.2. The van der Waals surface area contributed by atoms with E-state index in [1.807, 2.05) is 0 Å². The van der Waals surface area contributed by atoms with Gasteiger partial charge in [0.25, 0.3) is 10.0 Å². The van der Waals surface area contributed by atoms with Gasteiger partial charge in [-0.1, -0.05) is 0 Å². The number of nitrogens with one attached hydrogen (secondary N) is 2. The van der Waals surface area contributed by atoms with Crippen LogP contribution in [-0.2, 0) is 10.0 Å². The minimum atomic E-state index is -3.80. The molecule has 0 unspecified atom stereocenters. The number of aromatic nitrogens is 3. The fourth-order valence-electron chi connectivity index (χ4n) is 1.88. The van der Waals surface area contributed by atoms with Crippen LogP contribution in [0.1, 0.15) is 5.56 Å². The summed E-state index contributed by atoms with van der Waals surface area (Å²) in [7, 11) is -3.80. The molecule has 0 saturated heterocycles. The van der Waals surface area contributed by atoms with Gasteiger partial charge >= 0.3 is 0 Å². The molecule has 0 aliphatic heterocycles. The van der Waals surface area contributed by atoms with Gasteiger partial charge < -0.3 is 4.98 Å². The van der Waals surface area contributed by atoms with E-state index in [1.54, 1.807) is 6.07 Å². The Morgan fingerprint density at radius 1 is 1.24 bits per heavy atom. The number of pyridine rings is 1. The van der Waals surface area contributed by atoms with Crippen LogP contribution >= 0.6 is 0 Å². The van der Waals surface area contributed by atoms with Crippen molar-refractivity contribution in [1.82, 2.24) is 15.0 Å². The minimum Gasteiger partial charge on any atom is -0.343 e. The first-order valence-corrected chi connectivity index (χ1v) is 7.52. The monoisotopic (exact) mass is 306 g/mol. The first kappa shape index (κ1) is 13.5. The zero-order valence-corrected chi connectivity index (χ0v) is 11.8. The van der Waals surface area contributed by atoms with E-state index in [-0.39, 0.29) is 10.5 Å². The number of H-pyrrole nitrogens is 1. The lowest BCUT2D eigenvalue weighted by Gasteiger charge is -2.08. The van der Waals surface area contributed by atoms with Gasteiger partial charge in [0.05, 0.1) is 28.6 Å². The van der Waals surface area contributed by atoms with Crippen LogP contribution in [0.5, 0.6) is 0 Å². The van der Waals surface area contributed by atoms with Crippen molar-refractivity contribution < 1.29 is 12.8 Å². The zero-order chi connectivity index (χ0) is 15.0. The molecule has 108 valence electrons. The number of hydrogen-bond acceptors (Lipinski definition) is 4. The Morgan fingerprint density at radius 2 is 2.05 bits per heavy atom. The number of halogens is 1. The Balaban J connectivity index is 1.96. The summed E-state index contributed by atoms with van der Waals surface area (Å²) in [6.45, 7) is 1.51. The van der Waals surface area contributed by atoms with Crippen LogP contribution in [0.15, 0.2) is 41.7 Å². The largest absolute Gasteiger partial charge is 0.343 e. The molecule has 0 fully saturated rings. The Hall–Kier alpha value is -2.48. The number of anilines is 1. The van der Waals surface area contributed by atoms with Crippen molar-refractivity contribution in [2.45, 2.75) is 11.8 Å². The number of imidazole rings is 1. The van der Waals surface area contributed by atoms with Crippen LogP contribution < -0.4 is 4.72 Å². The van der Waals surface area contributed by atoms with E-state index in [0.717, 1.165) is 6.07 Å². The summed E-state index contributed by atoms with van der Waals surface area (Å²) < 4.78 is 40.1. The maximum Gasteiger partial charge on any atom is 0.261 e. The predicted molar refractivity (Wildman–Crippen MR) is 75.8 cm³/mol. The van der Waals surface area contributed by atoms with Gasteiger partial charge in [-0.05, 0) is 36.8 Å². The Bertz CT molecular complexity index is 921. The predicted octanol–water partition coefficient (Wildman–Crippen LogP) is 2.21. The highest BCUT2D eigenvalue weighted by molar-refractivity contribution is 7.92. The summed E-state index contributed by atoms with van der Waals surface area (Å²) in [5.74, 6) is -0.450. The fourth-order valence-corrected chi connectivity index (χ4v) is 3.00. The molecule has 0 aliphatic carbocycles. The lowest BCUT2D eigenvalue weighted by Crippen LogP contribution is -2.13. The van der Waals surface area contributed by atoms with Crippen LogP contribution in [-0.4, -0.2) is 23.4 Å². The van der Waals surface area contributed by atoms with Crippen molar-refractivity contribution in [3.63, 3.8) is 0 Å². The topological polar surface area (TPSA) is 87.7 Å². The molecule has 0 saturated carbocycles. The van der Waals surface area contributed by atoms with Crippen molar-refractivity contribution in [3.8, 4) is 0 Å². The minimum absolute atomic E-state index is 0.00823. The van der Waals surface area contributed by atoms with E-state index < -0.39 is 15.8 Å². The van der Waals surface area contributed by atoms with Crippen LogP contribution in [0.3, 0.4) is 0 Å². The van der Waals surface area contributed by atoms with Crippen LogP contribution in [0, 0.1) is 12.7 Å². The second-order valence-electron chi connectivity index (χ2n) is 4.51. The number of benzene rings is 1. The van der Waals surface area contributed by atoms with Crippen LogP contribution in [0.2, 0.25) is 0 Å². The molecule has 3 aromatic rings. The van der Waals surface area contributed by atoms with E-state index in [1.165, 1.54) is 31.6 Å². The SMILES string of the molecule is Cc1cc(S(=O)(=O)Nc2cnc3nc[nH]c3c2)ccc1F. The summed E-state index contributed by atoms with van der Waals surface area (Å²) in [6, 6.07) is 5.20. The van der Waals surface area contributed by atoms with E-state index in [9.17, 15) is 12.8 Å². The number of sulfonamides is 1. The molecule has 21 heavy (non-hydrogen) atoms. The Morgan fingerprint density at radius 3 is 2.81 bits per heavy atom. The maximum atomic E-state index is 13.2. The number of aryl methyl sites for hydroxylation is 1. The molecule has 2 heterocycles. The molecule has 0 radical (unpaired) electrons. The van der Waals surface area contributed by atoms with Crippen molar-refractivity contribution in [2.75, 3.05) is 4.72 Å². The standard InChI is InChI=1S/C13H11FN4O2S/c1-8-4-10(2-3-11(8)14)21(19,20)18-9-5-12-13(15-6-9)17-7-16-12/h2-7,18H,1H3,(H,15,16,17). The molecular formula is C13H11FN4O2S. The molecule has 0 amide bonds. The molecule has 1 aromatic carbocycles. The third kappa shape index (κ3) is 2.57. The number of hydrogen-bond donors (Lipinski definition) is 2. The van der Waals surface area contributed by atoms with Crippen molar-refractivity contribution in [2.24, 2.45) is 0 Å². The van der Waals surface area contributed by atoms with Crippen molar-refractivity contribution in [3.05, 3.63) is 48.2 Å². The Kier molecular flexibility index (Phi) is 3.09. The smallest absolute Gasteiger partial charge is 0.261 e. The van der Waals surface area contributed by atoms with Crippen molar-refractivity contribution in [1.29, 1.82) is 0 Å². The number of aromatic amines is 1. The van der Waals surface area contributed by atoms with Crippen molar-refractivity contribution >= 4 is 26.9 Å². The number of nitrogens with zero attached hydrogens (tertiary/aromatic N) is 2. The van der Waals surface area contributed by atoms with Gasteiger partial charge in [0.1, 0.15) is 5.82 Å². The van der Waals surface area contributed by atoms with E-state index in [4.69, 9.17) is 0 Å². The zero-order valence-electron chi connectivity index (χ0n) is 11.0. The second-order valence-corrected chi connectivity index (χ2v) is 6.20. The van der Waals surface area contributed by atoms with E-state index >= 15 is 0 Å². The van der Waals surface area contributed by atoms with Gasteiger partial charge in [-0.3, -0.25) is 4.72 Å². The van der Waals surface area contributed by atoms with E-state index in [2.05, 4.69) is 19.7 Å². The molecule has 6 nitrogen and oxygen atoms in total. The first-order valence-electron chi connectivity index (χ1n) is 6.04. The molecule has 2 aromatic heterocycles. The highest BCUT2D eigenvalue weighted by Crippen LogP contribution is 2.19. The third-order valence-electron chi connectivity index (χ3n) is 2.97. The second kappa shape index (κ2) is 4.81. The van der Waals surface area contributed by atoms with E-state index in [0.29, 0.717) is 16.9 Å². The normalized spacial score (nSPS) is 11.7. The quantitative estimate of drug-likeness (QED) is 0.776. The molecule has 0 aliphatic rings. The number of rotatable bonds is 3. The van der Waals surface area contributed by atoms with Gasteiger partial charge in [-0.15, -0.1) is 0 Å². The summed E-state index contributed by atoms with van der Waals surface area (Å²) in [5, 5.41) is 0. The fraction of sp³-hybridized carbons (Fsp3) is 0.0769. The highest BCUT2D eigenvalue weighted by Gasteiger charge is 2.16. The molecular weight excluding hydrogens is 295 g/mol. The Labute approximate surface area is 120 Å². The van der Waals surface area contributed by atoms with Gasteiger partial charge in [-0.25, -0.2) is 22.8 Å². The molecule has 0 atom stereocenters. The third-order valence-corrected chi connectivity index (χ3v) is 4.34. The van der Waals surface area contributed by atoms with Crippen LogP contribution in [0.25, 0.3) is 11.2 Å². The van der Waals surface area contributed by atoms with Gasteiger partial charge in [0.2, 0.25) is 0 Å². The molecule has 8 heteroatoms. The average Bonchev–Trinajstić information content (AvgIpc) is 2.88. The molecule has 0 bridgehead atoms. The average molecular weight is 306 g/mol. The molecule has 3 rings (SSSR count). The van der Waals surface area contributed by atoms with Crippen LogP contribution in [0.4, 0.5) is 10.1 Å². The summed E-state index contributed by atoms with van der Waals surface area (Å²) in [6.07, 6.45) is 2.84. The lowest BCUT2D eigenvalue weighted by molar-refractivity contribution is 0.598. The molecule has 2 N–H and O–H groups in total. The highest BCUT2D eigenvalue weighted by atomic mass is 32.2. The summed E-state index contributed by atoms with van der Waals surface area (Å²) >= 11 is 0. The number of fused-ring (bicyclic) bond motifs is 1. The first-order chi connectivity index (χ1) is 9.95. The summed E-state index contributed by atoms with van der Waals surface area (Å²) in [5.41, 5.74) is 1.68.